The van der Waals surface area contributed by atoms with Crippen molar-refractivity contribution in [2.45, 2.75) is 13.8 Å². The molecule has 0 saturated heterocycles. The summed E-state index contributed by atoms with van der Waals surface area (Å²) in [7, 11) is 0. The van der Waals surface area contributed by atoms with Crippen LogP contribution in [-0.4, -0.2) is 12.6 Å². The van der Waals surface area contributed by atoms with E-state index >= 15 is 0 Å². The lowest BCUT2D eigenvalue weighted by atomic mass is 10.1. The van der Waals surface area contributed by atoms with Crippen molar-refractivity contribution in [1.29, 1.82) is 0 Å². The molecule has 94 valence electrons. The normalized spacial score (nSPS) is 10.6. The van der Waals surface area contributed by atoms with Gasteiger partial charge >= 0.3 is 5.97 Å². The lowest BCUT2D eigenvalue weighted by Crippen LogP contribution is -2.29. The maximum absolute atomic E-state index is 11.8. The number of carbonyl (C=O) groups is 1. The summed E-state index contributed by atoms with van der Waals surface area (Å²) in [6.07, 6.45) is 0. The standard InChI is InChI=1S/C13H12ClNO3/c1-3-18-13(16)10-7-12(14)15(17)11-5-4-8(2)6-9(10)11/h4-7H,3H2,1-2H3. The molecular formula is C13H12ClNO3. The number of hydrogen-bond donors (Lipinski definition) is 0. The van der Waals surface area contributed by atoms with Crippen molar-refractivity contribution in [2.75, 3.05) is 6.61 Å². The molecule has 0 unspecified atom stereocenters. The molecular weight excluding hydrogens is 254 g/mol. The van der Waals surface area contributed by atoms with Crippen molar-refractivity contribution < 1.29 is 14.3 Å². The number of halogens is 1. The number of hydrogen-bond acceptors (Lipinski definition) is 3. The molecule has 0 amide bonds. The Bertz CT molecular complexity index is 625. The number of aromatic nitrogens is 1. The molecule has 0 aliphatic rings. The Morgan fingerprint density at radius 1 is 1.44 bits per heavy atom. The summed E-state index contributed by atoms with van der Waals surface area (Å²) in [5.41, 5.74) is 1.62. The van der Waals surface area contributed by atoms with E-state index in [-0.39, 0.29) is 11.8 Å². The van der Waals surface area contributed by atoms with Crippen LogP contribution in [0.3, 0.4) is 0 Å². The lowest BCUT2D eigenvalue weighted by Gasteiger charge is -2.08. The molecule has 0 fully saturated rings. The molecule has 0 spiro atoms. The van der Waals surface area contributed by atoms with E-state index in [4.69, 9.17) is 16.3 Å². The van der Waals surface area contributed by atoms with Gasteiger partial charge in [0.15, 0.2) is 0 Å². The second-order valence-corrected chi connectivity index (χ2v) is 4.30. The van der Waals surface area contributed by atoms with E-state index in [1.165, 1.54) is 6.07 Å². The number of pyridine rings is 1. The summed E-state index contributed by atoms with van der Waals surface area (Å²) in [6, 6.07) is 6.55. The van der Waals surface area contributed by atoms with Crippen LogP contribution in [0.1, 0.15) is 22.8 Å². The van der Waals surface area contributed by atoms with E-state index < -0.39 is 5.97 Å². The van der Waals surface area contributed by atoms with E-state index in [9.17, 15) is 10.0 Å². The first-order chi connectivity index (χ1) is 8.54. The van der Waals surface area contributed by atoms with Crippen LogP contribution in [0.4, 0.5) is 0 Å². The van der Waals surface area contributed by atoms with Crippen LogP contribution in [0, 0.1) is 12.1 Å². The Morgan fingerprint density at radius 2 is 2.17 bits per heavy atom. The molecule has 4 nitrogen and oxygen atoms in total. The predicted molar refractivity (Wildman–Crippen MR) is 68.6 cm³/mol. The Morgan fingerprint density at radius 3 is 2.83 bits per heavy atom. The van der Waals surface area contributed by atoms with E-state index in [0.29, 0.717) is 21.2 Å². The van der Waals surface area contributed by atoms with Gasteiger partial charge in [-0.25, -0.2) is 4.79 Å². The number of fused-ring (bicyclic) bond motifs is 1. The molecule has 0 aliphatic carbocycles. The molecule has 0 atom stereocenters. The SMILES string of the molecule is CCOC(=O)c1cc(Cl)[n+]([O-])c2ccc(C)cc12. The highest BCUT2D eigenvalue weighted by Gasteiger charge is 2.19. The van der Waals surface area contributed by atoms with Gasteiger partial charge in [-0.2, -0.15) is 4.73 Å². The van der Waals surface area contributed by atoms with E-state index in [2.05, 4.69) is 0 Å². The number of carbonyl (C=O) groups excluding carboxylic acids is 1. The average molecular weight is 266 g/mol. The van der Waals surface area contributed by atoms with Crippen LogP contribution in [0.2, 0.25) is 5.15 Å². The Balaban J connectivity index is 2.76. The zero-order chi connectivity index (χ0) is 13.3. The molecule has 1 heterocycles. The lowest BCUT2D eigenvalue weighted by molar-refractivity contribution is -0.574. The van der Waals surface area contributed by atoms with Crippen molar-refractivity contribution in [3.63, 3.8) is 0 Å². The van der Waals surface area contributed by atoms with Gasteiger partial charge in [-0.1, -0.05) is 11.6 Å². The number of ether oxygens (including phenoxy) is 1. The quantitative estimate of drug-likeness (QED) is 0.363. The van der Waals surface area contributed by atoms with Crippen LogP contribution in [-0.2, 0) is 4.74 Å². The number of aryl methyl sites for hydroxylation is 1. The van der Waals surface area contributed by atoms with Crippen molar-refractivity contribution in [1.82, 2.24) is 0 Å². The van der Waals surface area contributed by atoms with E-state index in [0.717, 1.165) is 5.56 Å². The molecule has 0 radical (unpaired) electrons. The fourth-order valence-corrected chi connectivity index (χ4v) is 1.99. The zero-order valence-electron chi connectivity index (χ0n) is 10.1. The molecule has 0 aliphatic heterocycles. The molecule has 1 aromatic heterocycles. The fraction of sp³-hybridized carbons (Fsp3) is 0.231. The smallest absolute Gasteiger partial charge is 0.339 e. The summed E-state index contributed by atoms with van der Waals surface area (Å²) in [4.78, 5) is 11.8. The summed E-state index contributed by atoms with van der Waals surface area (Å²) in [5.74, 6) is -0.476. The minimum absolute atomic E-state index is 0.0468. The Kier molecular flexibility index (Phi) is 3.39. The maximum atomic E-state index is 11.8. The van der Waals surface area contributed by atoms with E-state index in [1.807, 2.05) is 6.92 Å². The third-order valence-corrected chi connectivity index (χ3v) is 2.88. The van der Waals surface area contributed by atoms with Gasteiger partial charge in [0.2, 0.25) is 5.52 Å². The van der Waals surface area contributed by atoms with Gasteiger partial charge in [-0.15, -0.1) is 0 Å². The molecule has 0 N–H and O–H groups in total. The van der Waals surface area contributed by atoms with Gasteiger partial charge in [0.1, 0.15) is 0 Å². The first kappa shape index (κ1) is 12.6. The van der Waals surface area contributed by atoms with Crippen LogP contribution in [0.25, 0.3) is 10.9 Å². The molecule has 2 rings (SSSR count). The number of benzene rings is 1. The van der Waals surface area contributed by atoms with Gasteiger partial charge in [0.25, 0.3) is 5.15 Å². The number of rotatable bonds is 2. The van der Waals surface area contributed by atoms with Gasteiger partial charge in [0.05, 0.1) is 17.6 Å². The van der Waals surface area contributed by atoms with Crippen molar-refractivity contribution in [3.05, 3.63) is 45.8 Å². The van der Waals surface area contributed by atoms with Gasteiger partial charge in [0, 0.05) is 12.1 Å². The summed E-state index contributed by atoms with van der Waals surface area (Å²) < 4.78 is 5.56. The molecule has 0 bridgehead atoms. The first-order valence-corrected chi connectivity index (χ1v) is 5.92. The molecule has 2 aromatic rings. The first-order valence-electron chi connectivity index (χ1n) is 5.54. The van der Waals surface area contributed by atoms with Crippen molar-refractivity contribution >= 4 is 28.5 Å². The van der Waals surface area contributed by atoms with Crippen LogP contribution >= 0.6 is 11.6 Å². The topological polar surface area (TPSA) is 53.2 Å². The monoisotopic (exact) mass is 265 g/mol. The highest BCUT2D eigenvalue weighted by Crippen LogP contribution is 2.21. The maximum Gasteiger partial charge on any atom is 0.339 e. The second-order valence-electron chi connectivity index (χ2n) is 3.92. The van der Waals surface area contributed by atoms with Crippen molar-refractivity contribution in [3.8, 4) is 0 Å². The predicted octanol–water partition coefficient (Wildman–Crippen LogP) is 2.61. The van der Waals surface area contributed by atoms with Crippen LogP contribution in [0.15, 0.2) is 24.3 Å². The minimum atomic E-state index is -0.476. The third-order valence-electron chi connectivity index (χ3n) is 2.61. The largest absolute Gasteiger partial charge is 0.617 e. The molecule has 18 heavy (non-hydrogen) atoms. The minimum Gasteiger partial charge on any atom is -0.617 e. The van der Waals surface area contributed by atoms with E-state index in [1.54, 1.807) is 25.1 Å². The number of nitrogens with zero attached hydrogens (tertiary/aromatic N) is 1. The summed E-state index contributed by atoms with van der Waals surface area (Å²) >= 11 is 5.82. The highest BCUT2D eigenvalue weighted by atomic mass is 35.5. The molecule has 0 saturated carbocycles. The molecule has 5 heteroatoms. The van der Waals surface area contributed by atoms with Gasteiger partial charge in [-0.3, -0.25) is 0 Å². The average Bonchev–Trinajstić information content (AvgIpc) is 2.34. The fourth-order valence-electron chi connectivity index (χ4n) is 1.79. The second kappa shape index (κ2) is 4.82. The van der Waals surface area contributed by atoms with Gasteiger partial charge < -0.3 is 9.94 Å². The number of esters is 1. The van der Waals surface area contributed by atoms with Crippen LogP contribution in [0.5, 0.6) is 0 Å². The van der Waals surface area contributed by atoms with Crippen LogP contribution < -0.4 is 4.73 Å². The van der Waals surface area contributed by atoms with Crippen molar-refractivity contribution in [2.24, 2.45) is 0 Å². The Hall–Kier alpha value is -1.81. The third kappa shape index (κ3) is 2.11. The Labute approximate surface area is 109 Å². The molecule has 1 aromatic carbocycles. The summed E-state index contributed by atoms with van der Waals surface area (Å²) in [6.45, 7) is 3.89. The van der Waals surface area contributed by atoms with Gasteiger partial charge in [-0.05, 0) is 31.5 Å². The highest BCUT2D eigenvalue weighted by molar-refractivity contribution is 6.29. The zero-order valence-corrected chi connectivity index (χ0v) is 10.8. The summed E-state index contributed by atoms with van der Waals surface area (Å²) in [5, 5.41) is 12.3.